The molecule has 4 nitrogen and oxygen atoms in total. The molecule has 0 amide bonds. The third-order valence-electron chi connectivity index (χ3n) is 3.03. The van der Waals surface area contributed by atoms with Gasteiger partial charge in [-0.15, -0.1) is 0 Å². The lowest BCUT2D eigenvalue weighted by Crippen LogP contribution is -2.13. The van der Waals surface area contributed by atoms with Crippen LogP contribution < -0.4 is 5.73 Å². The Morgan fingerprint density at radius 2 is 2.22 bits per heavy atom. The van der Waals surface area contributed by atoms with Crippen LogP contribution in [0.15, 0.2) is 29.4 Å². The molecule has 0 saturated carbocycles. The molecule has 2 aromatic rings. The van der Waals surface area contributed by atoms with Crippen molar-refractivity contribution in [2.75, 3.05) is 20.6 Å². The van der Waals surface area contributed by atoms with Gasteiger partial charge in [-0.3, -0.25) is 0 Å². The van der Waals surface area contributed by atoms with Gasteiger partial charge in [0.2, 0.25) is 0 Å². The summed E-state index contributed by atoms with van der Waals surface area (Å²) in [6.07, 6.45) is 5.66. The lowest BCUT2D eigenvalue weighted by atomic mass is 10.1. The molecule has 0 aliphatic rings. The number of H-pyrrole nitrogens is 1. The van der Waals surface area contributed by atoms with E-state index in [1.165, 1.54) is 17.3 Å². The van der Waals surface area contributed by atoms with Crippen LogP contribution in [0.4, 0.5) is 5.69 Å². The van der Waals surface area contributed by atoms with Crippen molar-refractivity contribution >= 4 is 22.9 Å². The Morgan fingerprint density at radius 3 is 2.94 bits per heavy atom. The van der Waals surface area contributed by atoms with Crippen LogP contribution >= 0.6 is 0 Å². The van der Waals surface area contributed by atoms with E-state index in [0.29, 0.717) is 0 Å². The Balaban J connectivity index is 2.19. The van der Waals surface area contributed by atoms with Crippen molar-refractivity contribution in [2.24, 2.45) is 10.7 Å². The Morgan fingerprint density at radius 1 is 1.39 bits per heavy atom. The van der Waals surface area contributed by atoms with Crippen LogP contribution in [0.5, 0.6) is 0 Å². The summed E-state index contributed by atoms with van der Waals surface area (Å²) in [5.74, 6) is 0. The molecule has 0 saturated heterocycles. The van der Waals surface area contributed by atoms with Gasteiger partial charge < -0.3 is 15.6 Å². The quantitative estimate of drug-likeness (QED) is 0.626. The zero-order chi connectivity index (χ0) is 13.0. The third-order valence-corrected chi connectivity index (χ3v) is 3.03. The molecule has 0 atom stereocenters. The zero-order valence-electron chi connectivity index (χ0n) is 11.0. The first-order valence-corrected chi connectivity index (χ1v) is 6.19. The van der Waals surface area contributed by atoms with Gasteiger partial charge in [0.1, 0.15) is 0 Å². The number of aryl methyl sites for hydroxylation is 1. The fourth-order valence-electron chi connectivity index (χ4n) is 2.13. The van der Waals surface area contributed by atoms with Gasteiger partial charge in [0.25, 0.3) is 0 Å². The third kappa shape index (κ3) is 2.90. The number of benzene rings is 1. The summed E-state index contributed by atoms with van der Waals surface area (Å²) in [7, 11) is 4.20. The lowest BCUT2D eigenvalue weighted by Gasteiger charge is -2.08. The van der Waals surface area contributed by atoms with Gasteiger partial charge in [-0.2, -0.15) is 0 Å². The van der Waals surface area contributed by atoms with Gasteiger partial charge in [-0.1, -0.05) is 0 Å². The van der Waals surface area contributed by atoms with Crippen LogP contribution in [0.25, 0.3) is 10.9 Å². The Labute approximate surface area is 108 Å². The van der Waals surface area contributed by atoms with Gasteiger partial charge >= 0.3 is 0 Å². The maximum atomic E-state index is 5.33. The molecule has 0 fully saturated rings. The van der Waals surface area contributed by atoms with Crippen LogP contribution in [-0.4, -0.2) is 36.9 Å². The Hall–Kier alpha value is -1.81. The molecule has 3 N–H and O–H groups in total. The van der Waals surface area contributed by atoms with E-state index in [2.05, 4.69) is 41.2 Å². The predicted octanol–water partition coefficient (Wildman–Crippen LogP) is 2.28. The molecule has 96 valence electrons. The number of nitrogens with one attached hydrogen (secondary N) is 1. The summed E-state index contributed by atoms with van der Waals surface area (Å²) in [5, 5.41) is 1.25. The van der Waals surface area contributed by atoms with Crippen LogP contribution in [0.1, 0.15) is 12.0 Å². The van der Waals surface area contributed by atoms with Crippen molar-refractivity contribution in [3.63, 3.8) is 0 Å². The highest BCUT2D eigenvalue weighted by molar-refractivity contribution is 5.86. The molecule has 0 aliphatic carbocycles. The fourth-order valence-corrected chi connectivity index (χ4v) is 2.13. The summed E-state index contributed by atoms with van der Waals surface area (Å²) < 4.78 is 0. The van der Waals surface area contributed by atoms with E-state index in [1.54, 1.807) is 0 Å². The molecule has 0 bridgehead atoms. The van der Waals surface area contributed by atoms with Gasteiger partial charge in [-0.25, -0.2) is 4.99 Å². The minimum Gasteiger partial charge on any atom is -0.390 e. The first-order valence-electron chi connectivity index (χ1n) is 6.19. The second-order valence-corrected chi connectivity index (χ2v) is 4.73. The highest BCUT2D eigenvalue weighted by atomic mass is 15.0. The number of nitrogens with two attached hydrogens (primary N) is 1. The van der Waals surface area contributed by atoms with Crippen LogP contribution in [0, 0.1) is 0 Å². The summed E-state index contributed by atoms with van der Waals surface area (Å²) in [5.41, 5.74) is 8.73. The molecule has 0 unspecified atom stereocenters. The van der Waals surface area contributed by atoms with Gasteiger partial charge in [-0.05, 0) is 57.2 Å². The summed E-state index contributed by atoms with van der Waals surface area (Å²) >= 11 is 0. The average molecular weight is 244 g/mol. The van der Waals surface area contributed by atoms with Crippen molar-refractivity contribution in [3.05, 3.63) is 30.0 Å². The molecule has 0 spiro atoms. The smallest absolute Gasteiger partial charge is 0.0860 e. The number of aromatic nitrogens is 1. The lowest BCUT2D eigenvalue weighted by molar-refractivity contribution is 0.400. The molecule has 0 aliphatic heterocycles. The largest absolute Gasteiger partial charge is 0.390 e. The standard InChI is InChI=1S/C14H20N4/c1-18(2)7-3-4-11-9-16-14-6-5-12(17-10-15)8-13(11)14/h5-6,8-10,16H,3-4,7H2,1-2H3,(H2,15,17). The van der Waals surface area contributed by atoms with E-state index in [0.717, 1.165) is 30.6 Å². The number of hydrogen-bond donors (Lipinski definition) is 2. The van der Waals surface area contributed by atoms with Crippen molar-refractivity contribution < 1.29 is 0 Å². The second kappa shape index (κ2) is 5.69. The second-order valence-electron chi connectivity index (χ2n) is 4.73. The zero-order valence-corrected chi connectivity index (χ0v) is 11.0. The molecule has 1 aromatic carbocycles. The molecule has 1 aromatic heterocycles. The number of aliphatic imine (C=N–C) groups is 1. The predicted molar refractivity (Wildman–Crippen MR) is 77.5 cm³/mol. The number of fused-ring (bicyclic) bond motifs is 1. The fraction of sp³-hybridized carbons (Fsp3) is 0.357. The van der Waals surface area contributed by atoms with E-state index >= 15 is 0 Å². The van der Waals surface area contributed by atoms with E-state index in [4.69, 9.17) is 5.73 Å². The minimum absolute atomic E-state index is 0.901. The first-order chi connectivity index (χ1) is 8.70. The van der Waals surface area contributed by atoms with E-state index < -0.39 is 0 Å². The summed E-state index contributed by atoms with van der Waals surface area (Å²) in [6.45, 7) is 1.10. The first kappa shape index (κ1) is 12.6. The Bertz CT molecular complexity index is 540. The molecular formula is C14H20N4. The van der Waals surface area contributed by atoms with Gasteiger partial charge in [0, 0.05) is 17.1 Å². The van der Waals surface area contributed by atoms with E-state index in [1.807, 2.05) is 12.1 Å². The highest BCUT2D eigenvalue weighted by Crippen LogP contribution is 2.24. The van der Waals surface area contributed by atoms with Crippen molar-refractivity contribution in [1.82, 2.24) is 9.88 Å². The average Bonchev–Trinajstić information content (AvgIpc) is 2.72. The van der Waals surface area contributed by atoms with Gasteiger partial charge in [0.05, 0.1) is 12.0 Å². The van der Waals surface area contributed by atoms with Crippen LogP contribution in [0.2, 0.25) is 0 Å². The number of hydrogen-bond acceptors (Lipinski definition) is 2. The van der Waals surface area contributed by atoms with Crippen molar-refractivity contribution in [1.29, 1.82) is 0 Å². The normalized spacial score (nSPS) is 11.9. The van der Waals surface area contributed by atoms with Gasteiger partial charge in [0.15, 0.2) is 0 Å². The molecular weight excluding hydrogens is 224 g/mol. The molecule has 0 radical (unpaired) electrons. The number of aromatic amines is 1. The summed E-state index contributed by atoms with van der Waals surface area (Å²) in [4.78, 5) is 9.62. The SMILES string of the molecule is CN(C)CCCc1c[nH]c2ccc(N=CN)cc12. The van der Waals surface area contributed by atoms with Crippen LogP contribution in [0.3, 0.4) is 0 Å². The maximum absolute atomic E-state index is 5.33. The van der Waals surface area contributed by atoms with Crippen molar-refractivity contribution in [2.45, 2.75) is 12.8 Å². The maximum Gasteiger partial charge on any atom is 0.0860 e. The van der Waals surface area contributed by atoms with Crippen molar-refractivity contribution in [3.8, 4) is 0 Å². The van der Waals surface area contributed by atoms with E-state index in [9.17, 15) is 0 Å². The Kier molecular flexibility index (Phi) is 3.99. The topological polar surface area (TPSA) is 57.4 Å². The highest BCUT2D eigenvalue weighted by Gasteiger charge is 2.04. The van der Waals surface area contributed by atoms with Crippen LogP contribution in [-0.2, 0) is 6.42 Å². The molecule has 18 heavy (non-hydrogen) atoms. The van der Waals surface area contributed by atoms with E-state index in [-0.39, 0.29) is 0 Å². The monoisotopic (exact) mass is 244 g/mol. The molecule has 2 rings (SSSR count). The number of rotatable bonds is 5. The number of nitrogens with zero attached hydrogens (tertiary/aromatic N) is 2. The molecule has 4 heteroatoms. The molecule has 1 heterocycles. The minimum atomic E-state index is 0.901. The summed E-state index contributed by atoms with van der Waals surface area (Å²) in [6, 6.07) is 6.10.